The molecule has 8 nitrogen and oxygen atoms in total. The second-order valence-electron chi connectivity index (χ2n) is 8.50. The number of aromatic nitrogens is 3. The van der Waals surface area contributed by atoms with Crippen molar-refractivity contribution in [2.45, 2.75) is 45.9 Å². The summed E-state index contributed by atoms with van der Waals surface area (Å²) in [5.74, 6) is -0.825. The molecule has 2 amide bonds. The second-order valence-corrected chi connectivity index (χ2v) is 9.31. The van der Waals surface area contributed by atoms with Crippen LogP contribution >= 0.6 is 11.5 Å². The first-order valence-corrected chi connectivity index (χ1v) is 10.6. The summed E-state index contributed by atoms with van der Waals surface area (Å²) in [6.45, 7) is 7.28. The molecule has 2 atom stereocenters. The molecule has 1 saturated carbocycles. The number of nitrogens with zero attached hydrogens (tertiary/aromatic N) is 3. The second kappa shape index (κ2) is 7.84. The summed E-state index contributed by atoms with van der Waals surface area (Å²) in [5.41, 5.74) is 2.02. The van der Waals surface area contributed by atoms with E-state index in [4.69, 9.17) is 4.74 Å². The topological polar surface area (TPSA) is 106 Å². The van der Waals surface area contributed by atoms with Gasteiger partial charge in [-0.1, -0.05) is 0 Å². The number of benzene rings is 1. The first-order chi connectivity index (χ1) is 14.6. The van der Waals surface area contributed by atoms with Crippen LogP contribution in [0.3, 0.4) is 0 Å². The van der Waals surface area contributed by atoms with Crippen molar-refractivity contribution < 1.29 is 18.7 Å². The minimum absolute atomic E-state index is 0.220. The van der Waals surface area contributed by atoms with E-state index >= 15 is 0 Å². The van der Waals surface area contributed by atoms with E-state index in [1.54, 1.807) is 39.1 Å². The van der Waals surface area contributed by atoms with Crippen molar-refractivity contribution in [2.24, 2.45) is 5.92 Å². The smallest absolute Gasteiger partial charge is 0.412 e. The Bertz CT molecular complexity index is 1170. The molecule has 2 aromatic heterocycles. The number of anilines is 2. The summed E-state index contributed by atoms with van der Waals surface area (Å²) in [6, 6.07) is 5.32. The molecule has 0 spiro atoms. The van der Waals surface area contributed by atoms with Gasteiger partial charge in [-0.25, -0.2) is 13.6 Å². The van der Waals surface area contributed by atoms with Gasteiger partial charge in [-0.2, -0.15) is 0 Å². The lowest BCUT2D eigenvalue weighted by Gasteiger charge is -2.20. The number of carbonyl (C=O) groups excluding carboxylic acids is 2. The zero-order valence-electron chi connectivity index (χ0n) is 17.5. The molecule has 1 aliphatic carbocycles. The van der Waals surface area contributed by atoms with Gasteiger partial charge in [0.1, 0.15) is 17.3 Å². The molecule has 10 heteroatoms. The minimum atomic E-state index is -1.10. The first kappa shape index (κ1) is 21.1. The van der Waals surface area contributed by atoms with Crippen LogP contribution < -0.4 is 10.6 Å². The summed E-state index contributed by atoms with van der Waals surface area (Å²) in [7, 11) is 0. The third kappa shape index (κ3) is 4.79. The fourth-order valence-corrected chi connectivity index (χ4v) is 3.82. The Balaban J connectivity index is 1.72. The highest BCUT2D eigenvalue weighted by atomic mass is 32.1. The van der Waals surface area contributed by atoms with E-state index in [0.717, 1.165) is 16.0 Å². The van der Waals surface area contributed by atoms with Crippen molar-refractivity contribution in [1.82, 2.24) is 14.6 Å². The van der Waals surface area contributed by atoms with Crippen LogP contribution in [0.2, 0.25) is 0 Å². The minimum Gasteiger partial charge on any atom is -0.444 e. The first-order valence-electron chi connectivity index (χ1n) is 9.79. The Kier molecular flexibility index (Phi) is 5.34. The highest BCUT2D eigenvalue weighted by Gasteiger charge is 2.43. The monoisotopic (exact) mass is 443 g/mol. The van der Waals surface area contributed by atoms with Gasteiger partial charge in [0.05, 0.1) is 16.5 Å². The number of carbonyl (C=O) groups is 2. The van der Waals surface area contributed by atoms with Gasteiger partial charge in [0.15, 0.2) is 5.82 Å². The van der Waals surface area contributed by atoms with Crippen LogP contribution in [0, 0.1) is 12.8 Å². The molecule has 1 aromatic carbocycles. The van der Waals surface area contributed by atoms with Crippen molar-refractivity contribution in [3.8, 4) is 10.4 Å². The molecule has 1 fully saturated rings. The number of halogens is 1. The molecule has 3 aromatic rings. The Morgan fingerprint density at radius 3 is 2.55 bits per heavy atom. The van der Waals surface area contributed by atoms with Crippen molar-refractivity contribution in [2.75, 3.05) is 10.6 Å². The largest absolute Gasteiger partial charge is 0.444 e. The predicted molar refractivity (Wildman–Crippen MR) is 117 cm³/mol. The molecule has 2 heterocycles. The van der Waals surface area contributed by atoms with E-state index in [1.807, 2.05) is 13.0 Å². The maximum absolute atomic E-state index is 13.2. The van der Waals surface area contributed by atoms with E-state index in [0.29, 0.717) is 16.6 Å². The molecule has 31 heavy (non-hydrogen) atoms. The number of rotatable bonds is 4. The third-order valence-corrected chi connectivity index (χ3v) is 5.59. The van der Waals surface area contributed by atoms with Gasteiger partial charge >= 0.3 is 6.09 Å². The van der Waals surface area contributed by atoms with Crippen LogP contribution in [0.15, 0.2) is 24.4 Å². The molecule has 4 rings (SSSR count). The molecule has 0 aliphatic heterocycles. The summed E-state index contributed by atoms with van der Waals surface area (Å²) in [5, 5.41) is 14.2. The molecule has 0 bridgehead atoms. The van der Waals surface area contributed by atoms with Crippen molar-refractivity contribution in [3.63, 3.8) is 0 Å². The van der Waals surface area contributed by atoms with Crippen molar-refractivity contribution >= 4 is 45.9 Å². The van der Waals surface area contributed by atoms with Gasteiger partial charge in [-0.05, 0) is 75.0 Å². The molecule has 2 N–H and O–H groups in total. The van der Waals surface area contributed by atoms with E-state index in [2.05, 4.69) is 25.2 Å². The predicted octanol–water partition coefficient (Wildman–Crippen LogP) is 4.71. The molecule has 0 saturated heterocycles. The average molecular weight is 444 g/mol. The molecule has 162 valence electrons. The number of nitrogens with one attached hydrogen (secondary N) is 2. The number of aryl methyl sites for hydroxylation is 1. The average Bonchev–Trinajstić information content (AvgIpc) is 3.24. The molecular formula is C21H22FN5O3S. The molecule has 0 radical (unpaired) electrons. The summed E-state index contributed by atoms with van der Waals surface area (Å²) in [4.78, 5) is 25.4. The lowest BCUT2D eigenvalue weighted by atomic mass is 10.1. The summed E-state index contributed by atoms with van der Waals surface area (Å²) in [6.07, 6.45) is 0.281. The van der Waals surface area contributed by atoms with Gasteiger partial charge < -0.3 is 10.1 Å². The van der Waals surface area contributed by atoms with E-state index in [-0.39, 0.29) is 12.2 Å². The van der Waals surface area contributed by atoms with Crippen LogP contribution in [-0.4, -0.2) is 38.3 Å². The molecular weight excluding hydrogens is 421 g/mol. The van der Waals surface area contributed by atoms with Crippen LogP contribution in [0.1, 0.15) is 32.8 Å². The SMILES string of the molecule is Cc1cnsc1-c1cc(NC(=O)OC(C)(C)C)c2nnc(NC(=O)[C@@H]3C[C@@H]3F)cc2c1. The van der Waals surface area contributed by atoms with Gasteiger partial charge in [0.2, 0.25) is 5.91 Å². The number of fused-ring (bicyclic) bond motifs is 1. The zero-order chi connectivity index (χ0) is 22.3. The number of hydrogen-bond acceptors (Lipinski definition) is 7. The van der Waals surface area contributed by atoms with Crippen LogP contribution in [0.4, 0.5) is 20.7 Å². The van der Waals surface area contributed by atoms with Crippen molar-refractivity contribution in [1.29, 1.82) is 0 Å². The lowest BCUT2D eigenvalue weighted by Crippen LogP contribution is -2.27. The molecule has 0 unspecified atom stereocenters. The summed E-state index contributed by atoms with van der Waals surface area (Å²) < 4.78 is 22.7. The Morgan fingerprint density at radius 1 is 1.19 bits per heavy atom. The number of amides is 2. The maximum Gasteiger partial charge on any atom is 0.412 e. The van der Waals surface area contributed by atoms with Crippen molar-refractivity contribution in [3.05, 3.63) is 30.0 Å². The fourth-order valence-electron chi connectivity index (χ4n) is 3.08. The van der Waals surface area contributed by atoms with Gasteiger partial charge in [-0.3, -0.25) is 10.1 Å². The van der Waals surface area contributed by atoms with Crippen LogP contribution in [0.25, 0.3) is 21.3 Å². The highest BCUT2D eigenvalue weighted by Crippen LogP contribution is 2.36. The van der Waals surface area contributed by atoms with Gasteiger partial charge in [0.25, 0.3) is 0 Å². The van der Waals surface area contributed by atoms with Gasteiger partial charge in [0, 0.05) is 11.6 Å². The quantitative estimate of drug-likeness (QED) is 0.605. The fraction of sp³-hybridized carbons (Fsp3) is 0.381. The maximum atomic E-state index is 13.2. The zero-order valence-corrected chi connectivity index (χ0v) is 18.3. The van der Waals surface area contributed by atoms with E-state index in [9.17, 15) is 14.0 Å². The number of alkyl halides is 1. The van der Waals surface area contributed by atoms with Crippen LogP contribution in [0.5, 0.6) is 0 Å². The van der Waals surface area contributed by atoms with Gasteiger partial charge in [-0.15, -0.1) is 10.2 Å². The highest BCUT2D eigenvalue weighted by molar-refractivity contribution is 7.09. The Morgan fingerprint density at radius 2 is 1.94 bits per heavy atom. The summed E-state index contributed by atoms with van der Waals surface area (Å²) >= 11 is 1.33. The number of ether oxygens (including phenoxy) is 1. The van der Waals surface area contributed by atoms with E-state index in [1.165, 1.54) is 11.5 Å². The molecule has 1 aliphatic rings. The normalized spacial score (nSPS) is 18.0. The van der Waals surface area contributed by atoms with E-state index < -0.39 is 29.7 Å². The lowest BCUT2D eigenvalue weighted by molar-refractivity contribution is -0.117. The standard InChI is InChI=1S/C21H22FN5O3S/c1-10-9-23-31-18(10)12-5-11-7-16(25-19(28)13-8-14(13)22)26-27-17(11)15(6-12)24-20(29)30-21(2,3)4/h5-7,9,13-14H,8H2,1-4H3,(H,24,29)(H,25,26,28)/t13-,14+/m1/s1. The Labute approximate surface area is 182 Å². The Hall–Kier alpha value is -3.14. The van der Waals surface area contributed by atoms with Crippen LogP contribution in [-0.2, 0) is 9.53 Å². The number of hydrogen-bond donors (Lipinski definition) is 2. The third-order valence-electron chi connectivity index (χ3n) is 4.64.